The summed E-state index contributed by atoms with van der Waals surface area (Å²) in [7, 11) is 1.35. The van der Waals surface area contributed by atoms with Crippen molar-refractivity contribution < 1.29 is 28.2 Å². The van der Waals surface area contributed by atoms with Gasteiger partial charge < -0.3 is 27.9 Å². The van der Waals surface area contributed by atoms with Crippen molar-refractivity contribution in [3.63, 3.8) is 0 Å². The molecule has 1 fully saturated rings. The van der Waals surface area contributed by atoms with Gasteiger partial charge in [0, 0.05) is 25.0 Å². The minimum Gasteiger partial charge on any atom is -0.492 e. The number of ether oxygens (including phenoxy) is 4. The van der Waals surface area contributed by atoms with Crippen LogP contribution in [0.4, 0.5) is 0 Å². The minimum atomic E-state index is -0.957. The predicted octanol–water partition coefficient (Wildman–Crippen LogP) is 4.55. The summed E-state index contributed by atoms with van der Waals surface area (Å²) in [6.45, 7) is 7.59. The summed E-state index contributed by atoms with van der Waals surface area (Å²) in [6.07, 6.45) is 6.09. The van der Waals surface area contributed by atoms with Crippen molar-refractivity contribution in [3.8, 4) is 22.9 Å². The quantitative estimate of drug-likeness (QED) is 0.202. The Bertz CT molecular complexity index is 1370. The third kappa shape index (κ3) is 6.24. The average Bonchev–Trinajstić information content (AvgIpc) is 3.67. The Balaban J connectivity index is 1.24. The van der Waals surface area contributed by atoms with E-state index >= 15 is 0 Å². The zero-order valence-electron chi connectivity index (χ0n) is 23.2. The van der Waals surface area contributed by atoms with Crippen LogP contribution in [0.2, 0.25) is 0 Å². The molecule has 2 aromatic heterocycles. The molecule has 0 bridgehead atoms. The molecule has 1 aliphatic heterocycles. The van der Waals surface area contributed by atoms with Crippen LogP contribution in [-0.4, -0.2) is 66.1 Å². The monoisotopic (exact) mass is 548 g/mol. The van der Waals surface area contributed by atoms with Gasteiger partial charge in [-0.1, -0.05) is 6.07 Å². The van der Waals surface area contributed by atoms with E-state index in [2.05, 4.69) is 27.3 Å². The van der Waals surface area contributed by atoms with Crippen LogP contribution in [0.15, 0.2) is 65.7 Å². The van der Waals surface area contributed by atoms with Crippen molar-refractivity contribution in [2.45, 2.75) is 45.5 Å². The third-order valence-corrected chi connectivity index (χ3v) is 6.92. The lowest BCUT2D eigenvalue weighted by Crippen LogP contribution is -2.51. The van der Waals surface area contributed by atoms with Crippen LogP contribution in [0.3, 0.4) is 0 Å². The highest BCUT2D eigenvalue weighted by Gasteiger charge is 2.29. The number of fused-ring (bicyclic) bond motifs is 1. The van der Waals surface area contributed by atoms with E-state index in [1.165, 1.54) is 13.5 Å². The van der Waals surface area contributed by atoms with Gasteiger partial charge in [0.1, 0.15) is 22.7 Å². The Labute approximate surface area is 233 Å². The summed E-state index contributed by atoms with van der Waals surface area (Å²) < 4.78 is 30.6. The summed E-state index contributed by atoms with van der Waals surface area (Å²) in [5, 5.41) is 3.34. The Hall–Kier alpha value is -4.02. The molecule has 1 unspecified atom stereocenters. The number of aromatic nitrogens is 2. The van der Waals surface area contributed by atoms with Crippen LogP contribution in [0.25, 0.3) is 16.8 Å². The van der Waals surface area contributed by atoms with Crippen LogP contribution in [0, 0.1) is 0 Å². The number of para-hydroxylation sites is 1. The Morgan fingerprint density at radius 1 is 1.05 bits per heavy atom. The molecule has 10 heteroatoms. The van der Waals surface area contributed by atoms with Crippen LogP contribution in [0.5, 0.6) is 17.2 Å². The van der Waals surface area contributed by atoms with Gasteiger partial charge in [-0.3, -0.25) is 10.2 Å². The smallest absolute Gasteiger partial charge is 0.362 e. The number of piperidine rings is 1. The van der Waals surface area contributed by atoms with Gasteiger partial charge >= 0.3 is 5.97 Å². The molecule has 0 radical (unpaired) electrons. The van der Waals surface area contributed by atoms with Crippen molar-refractivity contribution >= 4 is 17.1 Å². The molecule has 0 spiro atoms. The van der Waals surface area contributed by atoms with Gasteiger partial charge in [-0.2, -0.15) is 0 Å². The van der Waals surface area contributed by atoms with Crippen molar-refractivity contribution in [2.75, 3.05) is 33.4 Å². The molecule has 3 heterocycles. The molecule has 5 rings (SSSR count). The molecule has 40 heavy (non-hydrogen) atoms. The number of carbonyl (C=O) groups is 1. The molecule has 0 saturated carbocycles. The van der Waals surface area contributed by atoms with Gasteiger partial charge in [-0.05, 0) is 81.7 Å². The largest absolute Gasteiger partial charge is 0.492 e. The van der Waals surface area contributed by atoms with E-state index in [0.717, 1.165) is 55.2 Å². The first-order valence-electron chi connectivity index (χ1n) is 13.7. The number of carbonyl (C=O) groups excluding carboxylic acids is 1. The Morgan fingerprint density at radius 2 is 1.75 bits per heavy atom. The van der Waals surface area contributed by atoms with Gasteiger partial charge in [0.2, 0.25) is 6.23 Å². The number of hydrogen-bond acceptors (Lipinski definition) is 9. The van der Waals surface area contributed by atoms with Gasteiger partial charge in [0.05, 0.1) is 20.3 Å². The van der Waals surface area contributed by atoms with E-state index in [9.17, 15) is 4.79 Å². The van der Waals surface area contributed by atoms with Crippen LogP contribution < -0.4 is 19.5 Å². The maximum absolute atomic E-state index is 12.6. The van der Waals surface area contributed by atoms with Gasteiger partial charge in [0.15, 0.2) is 17.7 Å². The van der Waals surface area contributed by atoms with Crippen LogP contribution >= 0.6 is 0 Å². The number of nitrogens with one attached hydrogen (secondary N) is 1. The average molecular weight is 549 g/mol. The van der Waals surface area contributed by atoms with E-state index in [0.29, 0.717) is 30.1 Å². The van der Waals surface area contributed by atoms with E-state index in [-0.39, 0.29) is 6.04 Å². The van der Waals surface area contributed by atoms with Crippen molar-refractivity contribution in [1.82, 2.24) is 19.8 Å². The summed E-state index contributed by atoms with van der Waals surface area (Å²) in [6, 6.07) is 13.7. The fourth-order valence-electron chi connectivity index (χ4n) is 5.06. The molecule has 1 aliphatic rings. The van der Waals surface area contributed by atoms with Gasteiger partial charge in [-0.25, -0.2) is 9.78 Å². The number of hydrogen-bond donors (Lipinski definition) is 1. The first kappa shape index (κ1) is 27.5. The van der Waals surface area contributed by atoms with E-state index in [1.54, 1.807) is 6.07 Å². The zero-order valence-corrected chi connectivity index (χ0v) is 23.2. The topological polar surface area (TPSA) is 100 Å². The molecule has 0 amide bonds. The zero-order chi connectivity index (χ0) is 27.9. The van der Waals surface area contributed by atoms with E-state index < -0.39 is 12.2 Å². The molecule has 0 aliphatic carbocycles. The number of oxazole rings is 1. The van der Waals surface area contributed by atoms with Crippen molar-refractivity contribution in [1.29, 1.82) is 0 Å². The maximum Gasteiger partial charge on any atom is 0.362 e. The molecule has 1 atom stereocenters. The summed E-state index contributed by atoms with van der Waals surface area (Å²) >= 11 is 0. The van der Waals surface area contributed by atoms with Crippen LogP contribution in [-0.2, 0) is 16.1 Å². The van der Waals surface area contributed by atoms with E-state index in [1.807, 2.05) is 55.1 Å². The van der Waals surface area contributed by atoms with Gasteiger partial charge in [-0.15, -0.1) is 0 Å². The second kappa shape index (κ2) is 12.9. The number of nitrogens with zero attached hydrogens (tertiary/aromatic N) is 3. The normalized spacial score (nSPS) is 15.2. The second-order valence-electron chi connectivity index (χ2n) is 9.59. The number of esters is 1. The molecule has 212 valence electrons. The van der Waals surface area contributed by atoms with E-state index in [4.69, 9.17) is 23.4 Å². The molecule has 1 saturated heterocycles. The highest BCUT2D eigenvalue weighted by Crippen LogP contribution is 2.35. The molecule has 2 aromatic carbocycles. The summed E-state index contributed by atoms with van der Waals surface area (Å²) in [5.41, 5.74) is 3.20. The Morgan fingerprint density at radius 3 is 2.40 bits per heavy atom. The molecule has 4 aromatic rings. The predicted molar refractivity (Wildman–Crippen MR) is 150 cm³/mol. The number of rotatable bonds is 12. The first-order valence-corrected chi connectivity index (χ1v) is 13.7. The Kier molecular flexibility index (Phi) is 8.87. The maximum atomic E-state index is 12.6. The van der Waals surface area contributed by atoms with Crippen molar-refractivity contribution in [2.24, 2.45) is 0 Å². The SMILES string of the molecule is CCOc1cc(CN2CCC(NC(Oc3cccc4ncoc34)C(=O)OC)CC2)cc(OCC)c1-n1cccc1. The highest BCUT2D eigenvalue weighted by atomic mass is 16.6. The lowest BCUT2D eigenvalue weighted by molar-refractivity contribution is -0.151. The molecular formula is C30H36N4O6. The number of likely N-dealkylation sites (tertiary alicyclic amines) is 1. The number of methoxy groups -OCH3 is 1. The molecular weight excluding hydrogens is 512 g/mol. The summed E-state index contributed by atoms with van der Waals surface area (Å²) in [5.74, 6) is 1.55. The lowest BCUT2D eigenvalue weighted by atomic mass is 10.0. The summed E-state index contributed by atoms with van der Waals surface area (Å²) in [4.78, 5) is 19.1. The fraction of sp³-hybridized carbons (Fsp3) is 0.400. The van der Waals surface area contributed by atoms with Crippen LogP contribution in [0.1, 0.15) is 32.3 Å². The van der Waals surface area contributed by atoms with Gasteiger partial charge in [0.25, 0.3) is 0 Å². The highest BCUT2D eigenvalue weighted by molar-refractivity contribution is 5.80. The number of benzene rings is 2. The fourth-order valence-corrected chi connectivity index (χ4v) is 5.06. The standard InChI is InChI=1S/C30H36N4O6/c1-4-37-25-17-21(18-26(38-5-2)27(25)34-13-6-7-14-34)19-33-15-11-22(12-16-33)32-29(30(35)36-3)40-24-10-8-9-23-28(24)39-20-31-23/h6-10,13-14,17-18,20,22,29,32H,4-5,11-12,15-16,19H2,1-3H3. The second-order valence-corrected chi connectivity index (χ2v) is 9.59. The third-order valence-electron chi connectivity index (χ3n) is 6.92. The lowest BCUT2D eigenvalue weighted by Gasteiger charge is -2.34. The molecule has 1 N–H and O–H groups in total. The first-order chi connectivity index (χ1) is 19.6. The van der Waals surface area contributed by atoms with Crippen molar-refractivity contribution in [3.05, 3.63) is 66.8 Å². The molecule has 10 nitrogen and oxygen atoms in total. The minimum absolute atomic E-state index is 0.0865.